The fourth-order valence-corrected chi connectivity index (χ4v) is 3.62. The van der Waals surface area contributed by atoms with Gasteiger partial charge in [-0.3, -0.25) is 4.90 Å². The number of ether oxygens (including phenoxy) is 1. The Morgan fingerprint density at radius 3 is 3.00 bits per heavy atom. The summed E-state index contributed by atoms with van der Waals surface area (Å²) in [6, 6.07) is 6.44. The summed E-state index contributed by atoms with van der Waals surface area (Å²) in [5.41, 5.74) is 2.42. The molecule has 3 heteroatoms. The lowest BCUT2D eigenvalue weighted by atomic mass is 9.84. The van der Waals surface area contributed by atoms with Gasteiger partial charge in [0, 0.05) is 25.6 Å². The minimum absolute atomic E-state index is 0.272. The van der Waals surface area contributed by atoms with Crippen molar-refractivity contribution in [2.24, 2.45) is 5.92 Å². The van der Waals surface area contributed by atoms with Crippen LogP contribution in [0.4, 0.5) is 0 Å². The molecule has 0 unspecified atom stereocenters. The Hall–Kier alpha value is -1.06. The second-order valence-corrected chi connectivity index (χ2v) is 6.24. The fourth-order valence-electron chi connectivity index (χ4n) is 3.62. The summed E-state index contributed by atoms with van der Waals surface area (Å²) in [5.74, 6) is 1.38. The Bertz CT molecular complexity index is 484. The van der Waals surface area contributed by atoms with Crippen molar-refractivity contribution >= 4 is 0 Å². The third-order valence-corrected chi connectivity index (χ3v) is 4.88. The van der Waals surface area contributed by atoms with Crippen LogP contribution in [-0.2, 0) is 17.6 Å². The van der Waals surface area contributed by atoms with E-state index in [-0.39, 0.29) is 6.10 Å². The quantitative estimate of drug-likeness (QED) is 0.881. The molecule has 19 heavy (non-hydrogen) atoms. The van der Waals surface area contributed by atoms with E-state index in [1.165, 1.54) is 24.9 Å². The first kappa shape index (κ1) is 11.7. The number of fused-ring (bicyclic) bond motifs is 2. The number of morpholine rings is 1. The molecule has 1 saturated carbocycles. The predicted molar refractivity (Wildman–Crippen MR) is 73.3 cm³/mol. The van der Waals surface area contributed by atoms with E-state index in [0.717, 1.165) is 37.5 Å². The summed E-state index contributed by atoms with van der Waals surface area (Å²) < 4.78 is 5.97. The number of phenolic OH excluding ortho intramolecular Hbond substituents is 1. The SMILES string of the molecule is Oc1cccc2c1C[C@H]1OCCN(CC3CC3)[C@@H]1C2. The molecule has 1 aromatic rings. The average molecular weight is 259 g/mol. The van der Waals surface area contributed by atoms with Gasteiger partial charge in [0.2, 0.25) is 0 Å². The van der Waals surface area contributed by atoms with Gasteiger partial charge in [0.1, 0.15) is 5.75 Å². The highest BCUT2D eigenvalue weighted by Gasteiger charge is 2.39. The van der Waals surface area contributed by atoms with Gasteiger partial charge < -0.3 is 9.84 Å². The zero-order valence-electron chi connectivity index (χ0n) is 11.2. The molecule has 2 fully saturated rings. The number of phenols is 1. The van der Waals surface area contributed by atoms with Gasteiger partial charge in [-0.05, 0) is 42.4 Å². The summed E-state index contributed by atoms with van der Waals surface area (Å²) in [7, 11) is 0. The van der Waals surface area contributed by atoms with E-state index in [4.69, 9.17) is 4.74 Å². The van der Waals surface area contributed by atoms with Crippen molar-refractivity contribution in [1.29, 1.82) is 0 Å². The maximum Gasteiger partial charge on any atom is 0.119 e. The number of hydrogen-bond donors (Lipinski definition) is 1. The molecule has 1 heterocycles. The standard InChI is InChI=1S/C16H21NO2/c18-15-3-1-2-12-8-14-16(9-13(12)15)19-7-6-17(14)10-11-4-5-11/h1-3,11,14,16,18H,4-10H2/t14-,16-/m1/s1. The van der Waals surface area contributed by atoms with Crippen LogP contribution in [0.3, 0.4) is 0 Å². The molecular formula is C16H21NO2. The first-order chi connectivity index (χ1) is 9.31. The van der Waals surface area contributed by atoms with Crippen LogP contribution in [0.1, 0.15) is 24.0 Å². The first-order valence-electron chi connectivity index (χ1n) is 7.46. The largest absolute Gasteiger partial charge is 0.508 e. The molecule has 0 amide bonds. The highest BCUT2D eigenvalue weighted by molar-refractivity contribution is 5.42. The Labute approximate surface area is 114 Å². The molecule has 1 aromatic carbocycles. The monoisotopic (exact) mass is 259 g/mol. The van der Waals surface area contributed by atoms with Crippen LogP contribution in [0.5, 0.6) is 5.75 Å². The van der Waals surface area contributed by atoms with Crippen molar-refractivity contribution < 1.29 is 9.84 Å². The van der Waals surface area contributed by atoms with Gasteiger partial charge in [-0.1, -0.05) is 12.1 Å². The van der Waals surface area contributed by atoms with E-state index in [1.807, 2.05) is 6.07 Å². The van der Waals surface area contributed by atoms with E-state index in [9.17, 15) is 5.11 Å². The predicted octanol–water partition coefficient (Wildman–Crippen LogP) is 1.97. The second-order valence-electron chi connectivity index (χ2n) is 6.24. The lowest BCUT2D eigenvalue weighted by Crippen LogP contribution is -2.55. The molecule has 4 rings (SSSR count). The summed E-state index contributed by atoms with van der Waals surface area (Å²) in [6.45, 7) is 3.17. The van der Waals surface area contributed by atoms with Gasteiger partial charge in [0.15, 0.2) is 0 Å². The molecule has 0 bridgehead atoms. The van der Waals surface area contributed by atoms with Crippen LogP contribution in [0.2, 0.25) is 0 Å². The summed E-state index contributed by atoms with van der Waals surface area (Å²) in [5, 5.41) is 10.00. The molecule has 1 saturated heterocycles. The zero-order chi connectivity index (χ0) is 12.8. The number of nitrogens with zero attached hydrogens (tertiary/aromatic N) is 1. The maximum atomic E-state index is 10.00. The van der Waals surface area contributed by atoms with E-state index in [1.54, 1.807) is 6.07 Å². The molecule has 102 valence electrons. The van der Waals surface area contributed by atoms with Gasteiger partial charge in [-0.2, -0.15) is 0 Å². The Morgan fingerprint density at radius 2 is 2.16 bits per heavy atom. The first-order valence-corrected chi connectivity index (χ1v) is 7.46. The van der Waals surface area contributed by atoms with E-state index >= 15 is 0 Å². The van der Waals surface area contributed by atoms with Gasteiger partial charge in [0.05, 0.1) is 12.7 Å². The van der Waals surface area contributed by atoms with Crippen LogP contribution < -0.4 is 0 Å². The molecule has 3 nitrogen and oxygen atoms in total. The normalized spacial score (nSPS) is 30.7. The Kier molecular flexibility index (Phi) is 2.78. The highest BCUT2D eigenvalue weighted by atomic mass is 16.5. The van der Waals surface area contributed by atoms with Crippen LogP contribution in [0, 0.1) is 5.92 Å². The number of rotatable bonds is 2. The molecule has 0 radical (unpaired) electrons. The van der Waals surface area contributed by atoms with Crippen LogP contribution in [0.15, 0.2) is 18.2 Å². The highest BCUT2D eigenvalue weighted by Crippen LogP contribution is 2.36. The topological polar surface area (TPSA) is 32.7 Å². The van der Waals surface area contributed by atoms with E-state index in [2.05, 4.69) is 11.0 Å². The number of aromatic hydroxyl groups is 1. The minimum atomic E-state index is 0.272. The number of hydrogen-bond acceptors (Lipinski definition) is 3. The summed E-state index contributed by atoms with van der Waals surface area (Å²) >= 11 is 0. The molecule has 0 spiro atoms. The average Bonchev–Trinajstić information content (AvgIpc) is 3.22. The van der Waals surface area contributed by atoms with Gasteiger partial charge in [-0.15, -0.1) is 0 Å². The van der Waals surface area contributed by atoms with E-state index in [0.29, 0.717) is 11.8 Å². The van der Waals surface area contributed by atoms with Crippen molar-refractivity contribution in [2.75, 3.05) is 19.7 Å². The Balaban J connectivity index is 1.60. The molecule has 1 N–H and O–H groups in total. The van der Waals surface area contributed by atoms with Crippen molar-refractivity contribution in [2.45, 2.75) is 37.8 Å². The Morgan fingerprint density at radius 1 is 1.26 bits per heavy atom. The summed E-state index contributed by atoms with van der Waals surface area (Å²) in [4.78, 5) is 2.64. The van der Waals surface area contributed by atoms with Gasteiger partial charge in [0.25, 0.3) is 0 Å². The van der Waals surface area contributed by atoms with Gasteiger partial charge >= 0.3 is 0 Å². The van der Waals surface area contributed by atoms with Crippen molar-refractivity contribution in [3.05, 3.63) is 29.3 Å². The molecule has 2 aliphatic carbocycles. The smallest absolute Gasteiger partial charge is 0.119 e. The fraction of sp³-hybridized carbons (Fsp3) is 0.625. The third-order valence-electron chi connectivity index (χ3n) is 4.88. The molecule has 0 aromatic heterocycles. The maximum absolute atomic E-state index is 10.00. The molecule has 3 aliphatic rings. The van der Waals surface area contributed by atoms with Crippen molar-refractivity contribution in [3.63, 3.8) is 0 Å². The zero-order valence-corrected chi connectivity index (χ0v) is 11.2. The lowest BCUT2D eigenvalue weighted by molar-refractivity contribution is -0.0756. The molecule has 2 atom stereocenters. The van der Waals surface area contributed by atoms with Crippen molar-refractivity contribution in [3.8, 4) is 5.75 Å². The molecule has 1 aliphatic heterocycles. The molecular weight excluding hydrogens is 238 g/mol. The van der Waals surface area contributed by atoms with Crippen LogP contribution in [0.25, 0.3) is 0 Å². The second kappa shape index (κ2) is 4.50. The van der Waals surface area contributed by atoms with Crippen LogP contribution in [-0.4, -0.2) is 41.8 Å². The third kappa shape index (κ3) is 2.15. The number of benzene rings is 1. The lowest BCUT2D eigenvalue weighted by Gasteiger charge is -2.44. The minimum Gasteiger partial charge on any atom is -0.508 e. The summed E-state index contributed by atoms with van der Waals surface area (Å²) in [6.07, 6.45) is 4.99. The van der Waals surface area contributed by atoms with Crippen molar-refractivity contribution in [1.82, 2.24) is 4.90 Å². The van der Waals surface area contributed by atoms with E-state index < -0.39 is 0 Å². The van der Waals surface area contributed by atoms with Gasteiger partial charge in [-0.25, -0.2) is 0 Å². The van der Waals surface area contributed by atoms with Crippen LogP contribution >= 0.6 is 0 Å².